The highest BCUT2D eigenvalue weighted by molar-refractivity contribution is 5.74. The summed E-state index contributed by atoms with van der Waals surface area (Å²) in [6.07, 6.45) is 0.922. The third kappa shape index (κ3) is 2.56. The summed E-state index contributed by atoms with van der Waals surface area (Å²) in [7, 11) is 3.55. The number of rotatable bonds is 5. The fraction of sp³-hybridized carbons (Fsp3) is 0.462. The van der Waals surface area contributed by atoms with E-state index in [0.717, 1.165) is 24.5 Å². The van der Waals surface area contributed by atoms with Crippen LogP contribution in [-0.2, 0) is 11.2 Å². The molecule has 5 nitrogen and oxygen atoms in total. The SMILES string of the molecule is CNC(CN(C)c1ccc2c(c1)CCO2)C(=O)O. The Kier molecular flexibility index (Phi) is 3.72. The molecule has 1 unspecified atom stereocenters. The van der Waals surface area contributed by atoms with Gasteiger partial charge in [0.15, 0.2) is 0 Å². The summed E-state index contributed by atoms with van der Waals surface area (Å²) >= 11 is 0. The normalized spacial score (nSPS) is 14.8. The van der Waals surface area contributed by atoms with Crippen LogP contribution in [0.4, 0.5) is 5.69 Å². The lowest BCUT2D eigenvalue weighted by Gasteiger charge is -2.23. The van der Waals surface area contributed by atoms with Crippen molar-refractivity contribution in [3.63, 3.8) is 0 Å². The molecule has 0 amide bonds. The van der Waals surface area contributed by atoms with Crippen LogP contribution in [-0.4, -0.2) is 44.4 Å². The number of nitrogens with one attached hydrogen (secondary N) is 1. The first-order chi connectivity index (χ1) is 8.61. The smallest absolute Gasteiger partial charge is 0.322 e. The van der Waals surface area contributed by atoms with Crippen molar-refractivity contribution in [2.24, 2.45) is 0 Å². The maximum Gasteiger partial charge on any atom is 0.322 e. The Morgan fingerprint density at radius 3 is 3.06 bits per heavy atom. The van der Waals surface area contributed by atoms with Crippen LogP contribution >= 0.6 is 0 Å². The monoisotopic (exact) mass is 250 g/mol. The van der Waals surface area contributed by atoms with Gasteiger partial charge in [-0.1, -0.05) is 0 Å². The van der Waals surface area contributed by atoms with Crippen molar-refractivity contribution in [3.05, 3.63) is 23.8 Å². The van der Waals surface area contributed by atoms with Gasteiger partial charge >= 0.3 is 5.97 Å². The number of hydrogen-bond donors (Lipinski definition) is 2. The van der Waals surface area contributed by atoms with Gasteiger partial charge in [-0.2, -0.15) is 0 Å². The van der Waals surface area contributed by atoms with E-state index < -0.39 is 12.0 Å². The summed E-state index contributed by atoms with van der Waals surface area (Å²) in [6.45, 7) is 1.16. The number of anilines is 1. The average Bonchev–Trinajstić information content (AvgIpc) is 2.82. The molecular weight excluding hydrogens is 232 g/mol. The second kappa shape index (κ2) is 5.27. The van der Waals surface area contributed by atoms with E-state index in [1.165, 1.54) is 5.56 Å². The van der Waals surface area contributed by atoms with Gasteiger partial charge in [0.2, 0.25) is 0 Å². The molecule has 0 aliphatic carbocycles. The number of hydrogen-bond acceptors (Lipinski definition) is 4. The Hall–Kier alpha value is -1.75. The van der Waals surface area contributed by atoms with Crippen molar-refractivity contribution in [2.75, 3.05) is 32.1 Å². The van der Waals surface area contributed by atoms with Gasteiger partial charge in [-0.15, -0.1) is 0 Å². The van der Waals surface area contributed by atoms with E-state index in [4.69, 9.17) is 9.84 Å². The molecule has 1 aliphatic rings. The highest BCUT2D eigenvalue weighted by atomic mass is 16.5. The summed E-state index contributed by atoms with van der Waals surface area (Å²) in [4.78, 5) is 12.9. The molecule has 0 radical (unpaired) electrons. The molecule has 0 saturated carbocycles. The van der Waals surface area contributed by atoms with Crippen LogP contribution in [0.1, 0.15) is 5.56 Å². The summed E-state index contributed by atoms with van der Waals surface area (Å²) in [5, 5.41) is 11.8. The van der Waals surface area contributed by atoms with Crippen LogP contribution in [0.3, 0.4) is 0 Å². The van der Waals surface area contributed by atoms with E-state index >= 15 is 0 Å². The minimum Gasteiger partial charge on any atom is -0.493 e. The van der Waals surface area contributed by atoms with Crippen LogP contribution in [0.25, 0.3) is 0 Å². The van der Waals surface area contributed by atoms with E-state index in [2.05, 4.69) is 11.4 Å². The zero-order valence-corrected chi connectivity index (χ0v) is 10.6. The minimum atomic E-state index is -0.839. The minimum absolute atomic E-state index is 0.422. The van der Waals surface area contributed by atoms with Crippen molar-refractivity contribution in [1.82, 2.24) is 5.32 Å². The molecule has 0 saturated heterocycles. The van der Waals surface area contributed by atoms with Gasteiger partial charge in [0, 0.05) is 25.7 Å². The van der Waals surface area contributed by atoms with Gasteiger partial charge in [0.1, 0.15) is 11.8 Å². The van der Waals surface area contributed by atoms with Crippen molar-refractivity contribution in [2.45, 2.75) is 12.5 Å². The van der Waals surface area contributed by atoms with E-state index in [9.17, 15) is 4.79 Å². The predicted molar refractivity (Wildman–Crippen MR) is 69.4 cm³/mol. The molecule has 1 heterocycles. The number of carboxylic acids is 1. The summed E-state index contributed by atoms with van der Waals surface area (Å²) in [6, 6.07) is 5.40. The van der Waals surface area contributed by atoms with Crippen LogP contribution in [0.15, 0.2) is 18.2 Å². The van der Waals surface area contributed by atoms with Gasteiger partial charge < -0.3 is 20.1 Å². The fourth-order valence-corrected chi connectivity index (χ4v) is 2.08. The molecule has 2 rings (SSSR count). The molecule has 1 aromatic carbocycles. The van der Waals surface area contributed by atoms with Gasteiger partial charge in [-0.3, -0.25) is 4.79 Å². The Balaban J connectivity index is 2.09. The highest BCUT2D eigenvalue weighted by Gasteiger charge is 2.19. The number of nitrogens with zero attached hydrogens (tertiary/aromatic N) is 1. The van der Waals surface area contributed by atoms with Crippen molar-refractivity contribution >= 4 is 11.7 Å². The number of carboxylic acid groups (broad SMARTS) is 1. The zero-order chi connectivity index (χ0) is 13.1. The molecule has 1 atom stereocenters. The number of likely N-dealkylation sites (N-methyl/N-ethyl adjacent to an activating group) is 2. The zero-order valence-electron chi connectivity index (χ0n) is 10.6. The average molecular weight is 250 g/mol. The Morgan fingerprint density at radius 1 is 1.61 bits per heavy atom. The second-order valence-electron chi connectivity index (χ2n) is 4.45. The maximum atomic E-state index is 11.0. The Bertz CT molecular complexity index is 448. The molecule has 1 aliphatic heterocycles. The van der Waals surface area contributed by atoms with Gasteiger partial charge in [-0.25, -0.2) is 0 Å². The third-order valence-corrected chi connectivity index (χ3v) is 3.22. The molecule has 0 bridgehead atoms. The van der Waals surface area contributed by atoms with Crippen molar-refractivity contribution in [3.8, 4) is 5.75 Å². The molecule has 18 heavy (non-hydrogen) atoms. The topological polar surface area (TPSA) is 61.8 Å². The van der Waals surface area contributed by atoms with E-state index in [1.807, 2.05) is 24.1 Å². The first-order valence-electron chi connectivity index (χ1n) is 5.98. The molecule has 0 fully saturated rings. The number of fused-ring (bicyclic) bond motifs is 1. The van der Waals surface area contributed by atoms with Crippen LogP contribution < -0.4 is 15.0 Å². The van der Waals surface area contributed by atoms with Gasteiger partial charge in [-0.05, 0) is 30.8 Å². The Labute approximate surface area is 106 Å². The van der Waals surface area contributed by atoms with Crippen molar-refractivity contribution in [1.29, 1.82) is 0 Å². The lowest BCUT2D eigenvalue weighted by atomic mass is 10.1. The lowest BCUT2D eigenvalue weighted by Crippen LogP contribution is -2.43. The molecule has 0 spiro atoms. The van der Waals surface area contributed by atoms with Gasteiger partial charge in [0.05, 0.1) is 6.61 Å². The van der Waals surface area contributed by atoms with Crippen LogP contribution in [0.5, 0.6) is 5.75 Å². The number of aliphatic carboxylic acids is 1. The quantitative estimate of drug-likeness (QED) is 0.806. The lowest BCUT2D eigenvalue weighted by molar-refractivity contribution is -0.139. The summed E-state index contributed by atoms with van der Waals surface area (Å²) in [5.74, 6) is 0.101. The van der Waals surface area contributed by atoms with Crippen molar-refractivity contribution < 1.29 is 14.6 Å². The molecule has 2 N–H and O–H groups in total. The molecular formula is C13H18N2O3. The summed E-state index contributed by atoms with van der Waals surface area (Å²) < 4.78 is 5.45. The number of ether oxygens (including phenoxy) is 1. The second-order valence-corrected chi connectivity index (χ2v) is 4.45. The van der Waals surface area contributed by atoms with Gasteiger partial charge in [0.25, 0.3) is 0 Å². The number of carbonyl (C=O) groups is 1. The largest absolute Gasteiger partial charge is 0.493 e. The fourth-order valence-electron chi connectivity index (χ4n) is 2.08. The first kappa shape index (κ1) is 12.7. The van der Waals surface area contributed by atoms with E-state index in [0.29, 0.717) is 6.54 Å². The highest BCUT2D eigenvalue weighted by Crippen LogP contribution is 2.29. The third-order valence-electron chi connectivity index (χ3n) is 3.22. The molecule has 1 aromatic rings. The number of benzene rings is 1. The van der Waals surface area contributed by atoms with E-state index in [-0.39, 0.29) is 0 Å². The van der Waals surface area contributed by atoms with E-state index in [1.54, 1.807) is 7.05 Å². The molecule has 98 valence electrons. The summed E-state index contributed by atoms with van der Waals surface area (Å²) in [5.41, 5.74) is 2.21. The van der Waals surface area contributed by atoms with Crippen LogP contribution in [0, 0.1) is 0 Å². The predicted octanol–water partition coefficient (Wildman–Crippen LogP) is 0.730. The first-order valence-corrected chi connectivity index (χ1v) is 5.98. The molecule has 5 heteroatoms. The molecule has 0 aromatic heterocycles. The van der Waals surface area contributed by atoms with Crippen LogP contribution in [0.2, 0.25) is 0 Å². The standard InChI is InChI=1S/C13H18N2O3/c1-14-11(13(16)17)8-15(2)10-3-4-12-9(7-10)5-6-18-12/h3-4,7,11,14H,5-6,8H2,1-2H3,(H,16,17). The Morgan fingerprint density at radius 2 is 2.39 bits per heavy atom. The maximum absolute atomic E-state index is 11.0.